The van der Waals surface area contributed by atoms with E-state index in [1.807, 2.05) is 0 Å². The summed E-state index contributed by atoms with van der Waals surface area (Å²) in [4.78, 5) is 19.4. The first-order valence-corrected chi connectivity index (χ1v) is 6.00. The van der Waals surface area contributed by atoms with Gasteiger partial charge < -0.3 is 14.3 Å². The lowest BCUT2D eigenvalue weighted by Crippen LogP contribution is -2.35. The van der Waals surface area contributed by atoms with Gasteiger partial charge in [0, 0.05) is 12.0 Å². The second-order valence-corrected chi connectivity index (χ2v) is 4.53. The van der Waals surface area contributed by atoms with Crippen LogP contribution in [0.3, 0.4) is 0 Å². The summed E-state index contributed by atoms with van der Waals surface area (Å²) in [7, 11) is 2.77. The topological polar surface area (TPSA) is 52.8 Å². The maximum absolute atomic E-state index is 12.1. The van der Waals surface area contributed by atoms with Gasteiger partial charge in [0.2, 0.25) is 12.4 Å². The molecule has 0 spiro atoms. The molecule has 0 aliphatic rings. The van der Waals surface area contributed by atoms with Crippen molar-refractivity contribution in [3.63, 3.8) is 0 Å². The first-order chi connectivity index (χ1) is 8.99. The number of rotatable bonds is 5. The number of pyridine rings is 1. The minimum Gasteiger partial charge on any atom is -0.481 e. The number of carbonyl (C=O) groups is 1. The average Bonchev–Trinajstić information content (AvgIpc) is 2.43. The van der Waals surface area contributed by atoms with Crippen LogP contribution in [0.15, 0.2) is 12.1 Å². The zero-order valence-electron chi connectivity index (χ0n) is 11.1. The highest BCUT2D eigenvalue weighted by atomic mass is 35.5. The van der Waals surface area contributed by atoms with Gasteiger partial charge in [0.05, 0.1) is 14.2 Å². The number of esters is 1. The molecule has 5 nitrogen and oxygen atoms in total. The van der Waals surface area contributed by atoms with E-state index in [0.717, 1.165) is 0 Å². The summed E-state index contributed by atoms with van der Waals surface area (Å²) in [6.07, 6.45) is 0.322. The molecule has 0 bridgehead atoms. The second kappa shape index (κ2) is 6.39. The molecule has 19 heavy (non-hydrogen) atoms. The zero-order valence-corrected chi connectivity index (χ0v) is 11.8. The van der Waals surface area contributed by atoms with Crippen LogP contribution in [0.1, 0.15) is 18.9 Å². The van der Waals surface area contributed by atoms with Gasteiger partial charge in [-0.2, -0.15) is 0 Å². The average molecular weight is 283 g/mol. The van der Waals surface area contributed by atoms with Gasteiger partial charge >= 0.3 is 5.97 Å². The van der Waals surface area contributed by atoms with Crippen molar-refractivity contribution < 1.29 is 14.3 Å². The molecular weight excluding hydrogens is 268 g/mol. The molecule has 1 atom stereocenters. The van der Waals surface area contributed by atoms with Crippen LogP contribution in [-0.4, -0.2) is 31.7 Å². The Morgan fingerprint density at radius 2 is 2.21 bits per heavy atom. The molecule has 6 heteroatoms. The van der Waals surface area contributed by atoms with E-state index in [0.29, 0.717) is 12.0 Å². The summed E-state index contributed by atoms with van der Waals surface area (Å²) in [5, 5.41) is 0.276. The molecule has 0 fully saturated rings. The molecule has 0 saturated heterocycles. The lowest BCUT2D eigenvalue weighted by molar-refractivity contribution is -0.147. The number of methoxy groups -OCH3 is 2. The van der Waals surface area contributed by atoms with Gasteiger partial charge in [-0.25, -0.2) is 11.6 Å². The van der Waals surface area contributed by atoms with E-state index in [2.05, 4.69) is 9.83 Å². The molecule has 0 saturated carbocycles. The van der Waals surface area contributed by atoms with Crippen LogP contribution in [0, 0.1) is 6.57 Å². The summed E-state index contributed by atoms with van der Waals surface area (Å²) in [6, 6.07) is 3.26. The monoisotopic (exact) mass is 282 g/mol. The van der Waals surface area contributed by atoms with Gasteiger partial charge in [-0.3, -0.25) is 4.79 Å². The first-order valence-electron chi connectivity index (χ1n) is 5.62. The largest absolute Gasteiger partial charge is 0.481 e. The predicted octanol–water partition coefficient (Wildman–Crippen LogP) is 2.48. The Labute approximate surface area is 117 Å². The van der Waals surface area contributed by atoms with Crippen LogP contribution in [0.5, 0.6) is 5.88 Å². The lowest BCUT2D eigenvalue weighted by atomic mass is 9.80. The van der Waals surface area contributed by atoms with Crippen LogP contribution in [0.25, 0.3) is 4.85 Å². The van der Waals surface area contributed by atoms with Crippen molar-refractivity contribution in [2.75, 3.05) is 20.8 Å². The number of carbonyl (C=O) groups excluding carboxylic acids is 1. The fraction of sp³-hybridized carbons (Fsp3) is 0.462. The third-order valence-electron chi connectivity index (χ3n) is 2.97. The molecule has 1 heterocycles. The molecule has 102 valence electrons. The highest BCUT2D eigenvalue weighted by Gasteiger charge is 2.40. The quantitative estimate of drug-likeness (QED) is 0.473. The van der Waals surface area contributed by atoms with Crippen LogP contribution in [-0.2, 0) is 14.9 Å². The van der Waals surface area contributed by atoms with Gasteiger partial charge in [-0.15, -0.1) is 0 Å². The standard InChI is InChI=1S/C13H15ClN2O3/c1-13(7-8-15-2,12(17)19-4)9-5-6-10(14)16-11(9)18-3/h5-6H,7-8H2,1,3-4H3. The van der Waals surface area contributed by atoms with E-state index < -0.39 is 11.4 Å². The molecule has 0 aliphatic carbocycles. The van der Waals surface area contributed by atoms with E-state index in [1.54, 1.807) is 19.1 Å². The number of aromatic nitrogens is 1. The van der Waals surface area contributed by atoms with E-state index in [-0.39, 0.29) is 17.6 Å². The molecule has 0 radical (unpaired) electrons. The molecule has 0 N–H and O–H groups in total. The van der Waals surface area contributed by atoms with Crippen molar-refractivity contribution in [2.24, 2.45) is 0 Å². The first kappa shape index (κ1) is 15.3. The van der Waals surface area contributed by atoms with E-state index in [1.165, 1.54) is 14.2 Å². The van der Waals surface area contributed by atoms with Gasteiger partial charge in [-0.1, -0.05) is 11.6 Å². The predicted molar refractivity (Wildman–Crippen MR) is 71.3 cm³/mol. The maximum atomic E-state index is 12.1. The van der Waals surface area contributed by atoms with Crippen LogP contribution < -0.4 is 4.74 Å². The minimum atomic E-state index is -0.984. The van der Waals surface area contributed by atoms with Crippen molar-refractivity contribution in [3.8, 4) is 5.88 Å². The van der Waals surface area contributed by atoms with Crippen molar-refractivity contribution in [3.05, 3.63) is 34.3 Å². The van der Waals surface area contributed by atoms with Gasteiger partial charge in [-0.05, 0) is 19.1 Å². The van der Waals surface area contributed by atoms with Crippen LogP contribution in [0.2, 0.25) is 5.15 Å². The number of hydrogen-bond donors (Lipinski definition) is 0. The number of hydrogen-bond acceptors (Lipinski definition) is 4. The molecule has 0 aromatic carbocycles. The lowest BCUT2D eigenvalue weighted by Gasteiger charge is -2.26. The Bertz CT molecular complexity index is 513. The maximum Gasteiger partial charge on any atom is 0.316 e. The fourth-order valence-corrected chi connectivity index (χ4v) is 1.98. The van der Waals surface area contributed by atoms with Crippen molar-refractivity contribution in [1.29, 1.82) is 0 Å². The van der Waals surface area contributed by atoms with E-state index in [4.69, 9.17) is 27.6 Å². The fourth-order valence-electron chi connectivity index (χ4n) is 1.84. The van der Waals surface area contributed by atoms with Crippen molar-refractivity contribution in [1.82, 2.24) is 4.98 Å². The summed E-state index contributed by atoms with van der Waals surface area (Å²) < 4.78 is 10.0. The third kappa shape index (κ3) is 3.15. The smallest absolute Gasteiger partial charge is 0.316 e. The summed E-state index contributed by atoms with van der Waals surface area (Å²) in [5.74, 6) is -0.163. The number of nitrogens with zero attached hydrogens (tertiary/aromatic N) is 2. The van der Waals surface area contributed by atoms with E-state index >= 15 is 0 Å². The van der Waals surface area contributed by atoms with Crippen molar-refractivity contribution >= 4 is 17.6 Å². The van der Waals surface area contributed by atoms with E-state index in [9.17, 15) is 4.79 Å². The van der Waals surface area contributed by atoms with Crippen molar-refractivity contribution in [2.45, 2.75) is 18.8 Å². The highest BCUT2D eigenvalue weighted by Crippen LogP contribution is 2.35. The Morgan fingerprint density at radius 3 is 2.74 bits per heavy atom. The Kier molecular flexibility index (Phi) is 5.13. The molecule has 1 aromatic rings. The molecule has 0 aliphatic heterocycles. The van der Waals surface area contributed by atoms with Gasteiger partial charge in [0.15, 0.2) is 0 Å². The summed E-state index contributed by atoms with van der Waals surface area (Å²) in [6.45, 7) is 8.79. The molecule has 1 rings (SSSR count). The Hall–Kier alpha value is -1.80. The second-order valence-electron chi connectivity index (χ2n) is 4.15. The molecule has 0 amide bonds. The van der Waals surface area contributed by atoms with Crippen LogP contribution >= 0.6 is 11.6 Å². The normalized spacial score (nSPS) is 13.2. The minimum absolute atomic E-state index is 0.206. The third-order valence-corrected chi connectivity index (χ3v) is 3.18. The molecular formula is C13H15ClN2O3. The van der Waals surface area contributed by atoms with Crippen LogP contribution in [0.4, 0.5) is 0 Å². The molecule has 1 unspecified atom stereocenters. The number of ether oxygens (including phenoxy) is 2. The highest BCUT2D eigenvalue weighted by molar-refractivity contribution is 6.29. The Balaban J connectivity index is 3.32. The number of halogens is 1. The molecule has 1 aromatic heterocycles. The summed E-state index contributed by atoms with van der Waals surface area (Å²) in [5.41, 5.74) is -0.419. The SMILES string of the molecule is [C-]#[N+]CCC(C)(C(=O)OC)c1ccc(Cl)nc1OC. The Morgan fingerprint density at radius 1 is 1.53 bits per heavy atom. The van der Waals surface area contributed by atoms with Gasteiger partial charge in [0.1, 0.15) is 10.6 Å². The van der Waals surface area contributed by atoms with Gasteiger partial charge in [0.25, 0.3) is 0 Å². The zero-order chi connectivity index (χ0) is 14.5. The summed E-state index contributed by atoms with van der Waals surface area (Å²) >= 11 is 5.81.